The number of ether oxygens (including phenoxy) is 1. The number of rotatable bonds is 5. The van der Waals surface area contributed by atoms with Gasteiger partial charge in [-0.25, -0.2) is 0 Å². The summed E-state index contributed by atoms with van der Waals surface area (Å²) in [6.07, 6.45) is 3.38. The average molecular weight is 292 g/mol. The van der Waals surface area contributed by atoms with E-state index >= 15 is 0 Å². The third-order valence-corrected chi connectivity index (χ3v) is 3.91. The van der Waals surface area contributed by atoms with Crippen molar-refractivity contribution >= 4 is 11.5 Å². The molecule has 1 fully saturated rings. The Labute approximate surface area is 123 Å². The summed E-state index contributed by atoms with van der Waals surface area (Å²) in [6.45, 7) is 2.84. The minimum Gasteiger partial charge on any atom is -0.485 e. The van der Waals surface area contributed by atoms with Gasteiger partial charge in [0.15, 0.2) is 11.5 Å². The molecule has 6 heteroatoms. The molecule has 1 aromatic carbocycles. The largest absolute Gasteiger partial charge is 0.485 e. The first-order chi connectivity index (χ1) is 9.99. The summed E-state index contributed by atoms with van der Waals surface area (Å²) in [7, 11) is 2.04. The second-order valence-electron chi connectivity index (χ2n) is 5.44. The van der Waals surface area contributed by atoms with E-state index in [0.29, 0.717) is 12.2 Å². The Morgan fingerprint density at radius 2 is 2.24 bits per heavy atom. The Morgan fingerprint density at radius 3 is 2.86 bits per heavy atom. The van der Waals surface area contributed by atoms with Crippen LogP contribution in [0.4, 0.5) is 5.69 Å². The number of likely N-dealkylation sites (tertiary alicyclic amines) is 1. The van der Waals surface area contributed by atoms with Gasteiger partial charge in [0, 0.05) is 17.7 Å². The van der Waals surface area contributed by atoms with Crippen molar-refractivity contribution in [3.8, 4) is 5.75 Å². The number of likely N-dealkylation sites (N-methyl/N-ethyl adjacent to an activating group) is 1. The van der Waals surface area contributed by atoms with Gasteiger partial charge in [0.2, 0.25) is 0 Å². The molecule has 1 saturated heterocycles. The van der Waals surface area contributed by atoms with E-state index in [0.717, 1.165) is 19.4 Å². The van der Waals surface area contributed by atoms with Crippen molar-refractivity contribution in [3.63, 3.8) is 0 Å². The van der Waals surface area contributed by atoms with Crippen LogP contribution in [-0.4, -0.2) is 41.8 Å². The summed E-state index contributed by atoms with van der Waals surface area (Å²) in [4.78, 5) is 24.1. The van der Waals surface area contributed by atoms with Crippen molar-refractivity contribution in [3.05, 3.63) is 33.9 Å². The van der Waals surface area contributed by atoms with Crippen molar-refractivity contribution in [2.45, 2.75) is 32.2 Å². The van der Waals surface area contributed by atoms with E-state index in [1.807, 2.05) is 7.05 Å². The fourth-order valence-electron chi connectivity index (χ4n) is 2.54. The fraction of sp³-hybridized carbons (Fsp3) is 0.533. The van der Waals surface area contributed by atoms with E-state index in [1.165, 1.54) is 25.5 Å². The average Bonchev–Trinajstić information content (AvgIpc) is 2.46. The van der Waals surface area contributed by atoms with Gasteiger partial charge < -0.3 is 9.64 Å². The lowest BCUT2D eigenvalue weighted by atomic mass is 10.0. The molecule has 0 spiro atoms. The number of carbonyl (C=O) groups is 1. The second-order valence-corrected chi connectivity index (χ2v) is 5.44. The van der Waals surface area contributed by atoms with Gasteiger partial charge in [-0.15, -0.1) is 0 Å². The number of hydrogen-bond donors (Lipinski definition) is 0. The molecular formula is C15H20N2O4. The number of ketones is 1. The van der Waals surface area contributed by atoms with E-state index < -0.39 is 4.92 Å². The van der Waals surface area contributed by atoms with Crippen LogP contribution in [0.25, 0.3) is 0 Å². The molecule has 1 aliphatic rings. The standard InChI is InChI=1S/C15H20N2O4/c1-11(18)12-6-7-15(14(9-12)17(19)20)21-10-13-5-3-4-8-16(13)2/h6-7,9,13H,3-5,8,10H2,1-2H3. The highest BCUT2D eigenvalue weighted by Crippen LogP contribution is 2.29. The number of nitro groups is 1. The number of nitro benzene ring substituents is 1. The highest BCUT2D eigenvalue weighted by atomic mass is 16.6. The van der Waals surface area contributed by atoms with Gasteiger partial charge >= 0.3 is 5.69 Å². The molecule has 1 atom stereocenters. The van der Waals surface area contributed by atoms with E-state index in [9.17, 15) is 14.9 Å². The summed E-state index contributed by atoms with van der Waals surface area (Å²) < 4.78 is 5.65. The van der Waals surface area contributed by atoms with E-state index in [-0.39, 0.29) is 23.3 Å². The molecule has 0 saturated carbocycles. The van der Waals surface area contributed by atoms with Crippen LogP contribution in [0.15, 0.2) is 18.2 Å². The zero-order valence-corrected chi connectivity index (χ0v) is 12.4. The van der Waals surface area contributed by atoms with E-state index in [4.69, 9.17) is 4.74 Å². The normalized spacial score (nSPS) is 19.2. The van der Waals surface area contributed by atoms with Gasteiger partial charge in [0.25, 0.3) is 0 Å². The first-order valence-corrected chi connectivity index (χ1v) is 7.11. The van der Waals surface area contributed by atoms with Crippen LogP contribution in [0, 0.1) is 10.1 Å². The topological polar surface area (TPSA) is 72.7 Å². The summed E-state index contributed by atoms with van der Waals surface area (Å²) in [5.74, 6) is 0.0284. The highest BCUT2D eigenvalue weighted by molar-refractivity contribution is 5.95. The molecule has 0 aliphatic carbocycles. The molecule has 1 unspecified atom stereocenters. The molecular weight excluding hydrogens is 272 g/mol. The molecule has 0 bridgehead atoms. The molecule has 2 rings (SSSR count). The monoisotopic (exact) mass is 292 g/mol. The smallest absolute Gasteiger partial charge is 0.311 e. The summed E-state index contributed by atoms with van der Waals surface area (Å²) in [6, 6.07) is 4.64. The predicted octanol–water partition coefficient (Wildman–Crippen LogP) is 2.66. The van der Waals surface area contributed by atoms with Crippen molar-refractivity contribution in [1.29, 1.82) is 0 Å². The van der Waals surface area contributed by atoms with Gasteiger partial charge in [-0.2, -0.15) is 0 Å². The van der Waals surface area contributed by atoms with Crippen LogP contribution in [0.1, 0.15) is 36.5 Å². The van der Waals surface area contributed by atoms with Crippen LogP contribution < -0.4 is 4.74 Å². The SMILES string of the molecule is CC(=O)c1ccc(OCC2CCCCN2C)c([N+](=O)[O-])c1. The molecule has 0 aromatic heterocycles. The van der Waals surface area contributed by atoms with Gasteiger partial charge in [0.05, 0.1) is 4.92 Å². The molecule has 0 N–H and O–H groups in total. The summed E-state index contributed by atoms with van der Waals surface area (Å²) in [5, 5.41) is 11.1. The third-order valence-electron chi connectivity index (χ3n) is 3.91. The Kier molecular flexibility index (Phi) is 4.90. The highest BCUT2D eigenvalue weighted by Gasteiger charge is 2.22. The van der Waals surface area contributed by atoms with E-state index in [2.05, 4.69) is 4.90 Å². The maximum atomic E-state index is 11.3. The number of hydrogen-bond acceptors (Lipinski definition) is 5. The zero-order chi connectivity index (χ0) is 15.4. The lowest BCUT2D eigenvalue weighted by Crippen LogP contribution is -2.40. The van der Waals surface area contributed by atoms with Gasteiger partial charge in [-0.05, 0) is 45.5 Å². The fourth-order valence-corrected chi connectivity index (χ4v) is 2.54. The summed E-state index contributed by atoms with van der Waals surface area (Å²) in [5.41, 5.74) is 0.171. The molecule has 1 heterocycles. The molecule has 6 nitrogen and oxygen atoms in total. The van der Waals surface area contributed by atoms with Gasteiger partial charge in [-0.1, -0.05) is 6.42 Å². The first kappa shape index (κ1) is 15.4. The molecule has 21 heavy (non-hydrogen) atoms. The predicted molar refractivity (Wildman–Crippen MR) is 78.9 cm³/mol. The maximum Gasteiger partial charge on any atom is 0.311 e. The number of piperidine rings is 1. The third kappa shape index (κ3) is 3.78. The van der Waals surface area contributed by atoms with Gasteiger partial charge in [-0.3, -0.25) is 14.9 Å². The van der Waals surface area contributed by atoms with Crippen molar-refractivity contribution < 1.29 is 14.5 Å². The molecule has 0 radical (unpaired) electrons. The van der Waals surface area contributed by atoms with Crippen LogP contribution >= 0.6 is 0 Å². The maximum absolute atomic E-state index is 11.3. The van der Waals surface area contributed by atoms with Crippen LogP contribution in [-0.2, 0) is 0 Å². The van der Waals surface area contributed by atoms with Crippen molar-refractivity contribution in [1.82, 2.24) is 4.90 Å². The Hall–Kier alpha value is -1.95. The minimum atomic E-state index is -0.508. The van der Waals surface area contributed by atoms with Gasteiger partial charge in [0.1, 0.15) is 6.61 Å². The number of carbonyl (C=O) groups excluding carboxylic acids is 1. The van der Waals surface area contributed by atoms with E-state index in [1.54, 1.807) is 6.07 Å². The Bertz CT molecular complexity index is 544. The number of Topliss-reactive ketones (excluding diaryl/α,β-unsaturated/α-hetero) is 1. The van der Waals surface area contributed by atoms with Crippen LogP contribution in [0.3, 0.4) is 0 Å². The molecule has 0 amide bonds. The molecule has 1 aliphatic heterocycles. The van der Waals surface area contributed by atoms with Crippen molar-refractivity contribution in [2.24, 2.45) is 0 Å². The lowest BCUT2D eigenvalue weighted by Gasteiger charge is -2.32. The second kappa shape index (κ2) is 6.67. The zero-order valence-electron chi connectivity index (χ0n) is 12.4. The molecule has 1 aromatic rings. The summed E-state index contributed by atoms with van der Waals surface area (Å²) >= 11 is 0. The van der Waals surface area contributed by atoms with Crippen molar-refractivity contribution in [2.75, 3.05) is 20.2 Å². The first-order valence-electron chi connectivity index (χ1n) is 7.11. The lowest BCUT2D eigenvalue weighted by molar-refractivity contribution is -0.385. The van der Waals surface area contributed by atoms with Crippen LogP contribution in [0.2, 0.25) is 0 Å². The number of benzene rings is 1. The number of nitrogens with zero attached hydrogens (tertiary/aromatic N) is 2. The molecule has 114 valence electrons. The minimum absolute atomic E-state index is 0.152. The quantitative estimate of drug-likeness (QED) is 0.474. The Balaban J connectivity index is 2.11. The van der Waals surface area contributed by atoms with Crippen LogP contribution in [0.5, 0.6) is 5.75 Å². The Morgan fingerprint density at radius 1 is 1.48 bits per heavy atom.